The van der Waals surface area contributed by atoms with Crippen molar-refractivity contribution in [1.29, 1.82) is 0 Å². The summed E-state index contributed by atoms with van der Waals surface area (Å²) in [5.74, 6) is 0. The van der Waals surface area contributed by atoms with Crippen molar-refractivity contribution in [3.05, 3.63) is 53.0 Å². The molecular weight excluding hydrogens is 420 g/mol. The first-order chi connectivity index (χ1) is 11.9. The van der Waals surface area contributed by atoms with Crippen LogP contribution in [0.3, 0.4) is 0 Å². The van der Waals surface area contributed by atoms with Crippen LogP contribution >= 0.6 is 27.7 Å². The third-order valence-corrected chi connectivity index (χ3v) is 7.47. The second-order valence-electron chi connectivity index (χ2n) is 6.20. The van der Waals surface area contributed by atoms with E-state index in [1.807, 2.05) is 36.0 Å². The molecule has 1 aliphatic rings. The summed E-state index contributed by atoms with van der Waals surface area (Å²) in [7, 11) is -1.40. The molecule has 2 aromatic rings. The molecule has 1 heterocycles. The molecule has 0 aliphatic carbocycles. The number of anilines is 1. The Hall–Kier alpha value is -1.02. The molecule has 1 saturated heterocycles. The zero-order valence-corrected chi connectivity index (χ0v) is 17.2. The maximum Gasteiger partial charge on any atom is 0.261 e. The van der Waals surface area contributed by atoms with Gasteiger partial charge < -0.3 is 4.90 Å². The maximum atomic E-state index is 12.4. The van der Waals surface area contributed by atoms with Crippen molar-refractivity contribution in [1.82, 2.24) is 4.90 Å². The summed E-state index contributed by atoms with van der Waals surface area (Å²) in [5.41, 5.74) is 0.579. The van der Waals surface area contributed by atoms with Crippen LogP contribution in [0, 0.1) is 0 Å². The summed E-state index contributed by atoms with van der Waals surface area (Å²) in [6, 6.07) is 14.2. The Morgan fingerprint density at radius 2 is 1.64 bits per heavy atom. The van der Waals surface area contributed by atoms with Gasteiger partial charge in [0.05, 0.1) is 4.90 Å². The smallest absolute Gasteiger partial charge is 0.261 e. The van der Waals surface area contributed by atoms with Gasteiger partial charge in [-0.1, -0.05) is 15.9 Å². The Kier molecular flexibility index (Phi) is 6.09. The van der Waals surface area contributed by atoms with Crippen LogP contribution in [0.15, 0.2) is 62.8 Å². The lowest BCUT2D eigenvalue weighted by Gasteiger charge is -2.28. The van der Waals surface area contributed by atoms with Crippen LogP contribution in [0.5, 0.6) is 0 Å². The van der Waals surface area contributed by atoms with E-state index in [-0.39, 0.29) is 4.90 Å². The number of thioether (sulfide) groups is 1. The normalized spacial score (nSPS) is 16.7. The van der Waals surface area contributed by atoms with E-state index in [1.165, 1.54) is 17.7 Å². The molecule has 25 heavy (non-hydrogen) atoms. The summed E-state index contributed by atoms with van der Waals surface area (Å²) in [6.45, 7) is 2.28. The van der Waals surface area contributed by atoms with Crippen molar-refractivity contribution >= 4 is 43.4 Å². The Balaban J connectivity index is 1.63. The third-order valence-electron chi connectivity index (χ3n) is 4.20. The average molecular weight is 441 g/mol. The van der Waals surface area contributed by atoms with Gasteiger partial charge in [-0.3, -0.25) is 4.72 Å². The van der Waals surface area contributed by atoms with Crippen molar-refractivity contribution in [2.75, 3.05) is 24.9 Å². The van der Waals surface area contributed by atoms with Crippen LogP contribution in [0.25, 0.3) is 0 Å². The molecule has 0 unspecified atom stereocenters. The molecule has 4 nitrogen and oxygen atoms in total. The van der Waals surface area contributed by atoms with Crippen molar-refractivity contribution in [2.45, 2.75) is 27.9 Å². The summed E-state index contributed by atoms with van der Waals surface area (Å²) in [4.78, 5) is 3.79. The van der Waals surface area contributed by atoms with Gasteiger partial charge in [0.1, 0.15) is 0 Å². The van der Waals surface area contributed by atoms with E-state index in [4.69, 9.17) is 0 Å². The molecule has 0 radical (unpaired) electrons. The topological polar surface area (TPSA) is 49.4 Å². The van der Waals surface area contributed by atoms with Gasteiger partial charge in [0.25, 0.3) is 10.0 Å². The quantitative estimate of drug-likeness (QED) is 0.746. The molecule has 3 rings (SSSR count). The molecule has 7 heteroatoms. The van der Waals surface area contributed by atoms with Gasteiger partial charge in [-0.05, 0) is 81.5 Å². The highest BCUT2D eigenvalue weighted by Gasteiger charge is 2.18. The molecule has 1 aliphatic heterocycles. The SMILES string of the molecule is CN1CCC(Sc2ccc(NS(=O)(=O)c3ccc(Br)cc3)cc2)CC1. The van der Waals surface area contributed by atoms with Crippen LogP contribution in [0.1, 0.15) is 12.8 Å². The Labute approximate surface area is 162 Å². The predicted molar refractivity (Wildman–Crippen MR) is 108 cm³/mol. The second kappa shape index (κ2) is 8.12. The molecule has 0 aromatic heterocycles. The number of likely N-dealkylation sites (tertiary alicyclic amines) is 1. The third kappa shape index (κ3) is 5.23. The molecule has 1 N–H and O–H groups in total. The fourth-order valence-corrected chi connectivity index (χ4v) is 5.17. The van der Waals surface area contributed by atoms with Crippen LogP contribution in [-0.2, 0) is 10.0 Å². The number of nitrogens with one attached hydrogen (secondary N) is 1. The number of piperidine rings is 1. The Bertz CT molecular complexity index is 800. The molecular formula is C18H21BrN2O2S2. The number of halogens is 1. The van der Waals surface area contributed by atoms with Crippen molar-refractivity contribution in [3.63, 3.8) is 0 Å². The van der Waals surface area contributed by atoms with E-state index in [0.29, 0.717) is 10.9 Å². The number of rotatable bonds is 5. The Morgan fingerprint density at radius 3 is 2.24 bits per heavy atom. The van der Waals surface area contributed by atoms with Gasteiger partial charge in [-0.15, -0.1) is 11.8 Å². The lowest BCUT2D eigenvalue weighted by atomic mass is 10.1. The zero-order valence-electron chi connectivity index (χ0n) is 14.0. The monoisotopic (exact) mass is 440 g/mol. The predicted octanol–water partition coefficient (Wildman–Crippen LogP) is 4.44. The lowest BCUT2D eigenvalue weighted by Crippen LogP contribution is -2.31. The van der Waals surface area contributed by atoms with Crippen molar-refractivity contribution in [2.24, 2.45) is 0 Å². The summed E-state index contributed by atoms with van der Waals surface area (Å²) < 4.78 is 28.3. The summed E-state index contributed by atoms with van der Waals surface area (Å²) >= 11 is 5.19. The first-order valence-electron chi connectivity index (χ1n) is 8.16. The Morgan fingerprint density at radius 1 is 1.04 bits per heavy atom. The zero-order chi connectivity index (χ0) is 17.9. The number of sulfonamides is 1. The highest BCUT2D eigenvalue weighted by atomic mass is 79.9. The van der Waals surface area contributed by atoms with Crippen LogP contribution in [-0.4, -0.2) is 38.7 Å². The van der Waals surface area contributed by atoms with E-state index >= 15 is 0 Å². The standard InChI is InChI=1S/C18H21BrN2O2S2/c1-21-12-10-17(11-13-21)24-16-6-4-15(5-7-16)20-25(22,23)18-8-2-14(19)3-9-18/h2-9,17,20H,10-13H2,1H3. The van der Waals surface area contributed by atoms with Crippen molar-refractivity contribution < 1.29 is 8.42 Å². The first-order valence-corrected chi connectivity index (χ1v) is 11.3. The van der Waals surface area contributed by atoms with Gasteiger partial charge in [0.2, 0.25) is 0 Å². The lowest BCUT2D eigenvalue weighted by molar-refractivity contribution is 0.282. The number of nitrogens with zero attached hydrogens (tertiary/aromatic N) is 1. The van der Waals surface area contributed by atoms with E-state index in [2.05, 4.69) is 32.6 Å². The molecule has 2 aromatic carbocycles. The van der Waals surface area contributed by atoms with Gasteiger partial charge >= 0.3 is 0 Å². The minimum Gasteiger partial charge on any atom is -0.306 e. The fourth-order valence-electron chi connectivity index (χ4n) is 2.72. The van der Waals surface area contributed by atoms with Crippen LogP contribution in [0.2, 0.25) is 0 Å². The highest BCUT2D eigenvalue weighted by Crippen LogP contribution is 2.31. The van der Waals surface area contributed by atoms with E-state index in [0.717, 1.165) is 17.6 Å². The minimum absolute atomic E-state index is 0.250. The molecule has 134 valence electrons. The number of hydrogen-bond acceptors (Lipinski definition) is 4. The van der Waals surface area contributed by atoms with Gasteiger partial charge in [-0.25, -0.2) is 8.42 Å². The van der Waals surface area contributed by atoms with Gasteiger partial charge in [0, 0.05) is 20.3 Å². The molecule has 1 fully saturated rings. The largest absolute Gasteiger partial charge is 0.306 e. The van der Waals surface area contributed by atoms with Gasteiger partial charge in [-0.2, -0.15) is 0 Å². The first kappa shape index (κ1) is 18.8. The highest BCUT2D eigenvalue weighted by molar-refractivity contribution is 9.10. The summed E-state index contributed by atoms with van der Waals surface area (Å²) in [6.07, 6.45) is 2.39. The van der Waals surface area contributed by atoms with Gasteiger partial charge in [0.15, 0.2) is 0 Å². The molecule has 0 bridgehead atoms. The molecule has 0 spiro atoms. The van der Waals surface area contributed by atoms with Crippen LogP contribution < -0.4 is 4.72 Å². The molecule has 0 atom stereocenters. The second-order valence-corrected chi connectivity index (χ2v) is 10.2. The summed E-state index contributed by atoms with van der Waals surface area (Å²) in [5, 5.41) is 0.640. The fraction of sp³-hybridized carbons (Fsp3) is 0.333. The van der Waals surface area contributed by atoms with E-state index in [9.17, 15) is 8.42 Å². The number of benzene rings is 2. The van der Waals surface area contributed by atoms with Crippen molar-refractivity contribution in [3.8, 4) is 0 Å². The maximum absolute atomic E-state index is 12.4. The minimum atomic E-state index is -3.56. The van der Waals surface area contributed by atoms with E-state index < -0.39 is 10.0 Å². The molecule has 0 amide bonds. The number of hydrogen-bond donors (Lipinski definition) is 1. The average Bonchev–Trinajstić information content (AvgIpc) is 2.59. The van der Waals surface area contributed by atoms with Crippen LogP contribution in [0.4, 0.5) is 5.69 Å². The van der Waals surface area contributed by atoms with E-state index in [1.54, 1.807) is 24.3 Å². The molecule has 0 saturated carbocycles.